The fourth-order valence-corrected chi connectivity index (χ4v) is 1.93. The average Bonchev–Trinajstić information content (AvgIpc) is 2.49. The molecule has 0 aliphatic heterocycles. The monoisotopic (exact) mass is 266 g/mol. The van der Waals surface area contributed by atoms with Crippen molar-refractivity contribution in [2.45, 2.75) is 64.7 Å². The SMILES string of the molecule is CCCCCCC#CCCCCC#Cc1ccccc1. The third-order valence-electron chi connectivity index (χ3n) is 3.14. The smallest absolute Gasteiger partial charge is 0.0245 e. The molecule has 1 aromatic carbocycles. The summed E-state index contributed by atoms with van der Waals surface area (Å²) in [5.41, 5.74) is 1.11. The van der Waals surface area contributed by atoms with Crippen molar-refractivity contribution >= 4 is 0 Å². The van der Waals surface area contributed by atoms with E-state index in [-0.39, 0.29) is 0 Å². The van der Waals surface area contributed by atoms with Crippen molar-refractivity contribution in [1.29, 1.82) is 0 Å². The van der Waals surface area contributed by atoms with Crippen LogP contribution in [0.2, 0.25) is 0 Å². The van der Waals surface area contributed by atoms with Gasteiger partial charge in [-0.3, -0.25) is 0 Å². The summed E-state index contributed by atoms with van der Waals surface area (Å²) >= 11 is 0. The molecule has 0 radical (unpaired) electrons. The highest BCUT2D eigenvalue weighted by molar-refractivity contribution is 5.33. The third kappa shape index (κ3) is 9.29. The van der Waals surface area contributed by atoms with Crippen molar-refractivity contribution in [2.24, 2.45) is 0 Å². The molecule has 0 bridgehead atoms. The van der Waals surface area contributed by atoms with E-state index >= 15 is 0 Å². The molecule has 0 aliphatic rings. The van der Waals surface area contributed by atoms with E-state index in [4.69, 9.17) is 0 Å². The van der Waals surface area contributed by atoms with E-state index in [0.717, 1.165) is 31.2 Å². The zero-order valence-electron chi connectivity index (χ0n) is 12.8. The quantitative estimate of drug-likeness (QED) is 0.447. The minimum atomic E-state index is 0.979. The van der Waals surface area contributed by atoms with Gasteiger partial charge in [0.2, 0.25) is 0 Å². The van der Waals surface area contributed by atoms with Gasteiger partial charge in [0.1, 0.15) is 0 Å². The lowest BCUT2D eigenvalue weighted by Crippen LogP contribution is -1.76. The van der Waals surface area contributed by atoms with Crippen molar-refractivity contribution in [1.82, 2.24) is 0 Å². The first-order valence-corrected chi connectivity index (χ1v) is 7.93. The molecule has 0 nitrogen and oxygen atoms in total. The summed E-state index contributed by atoms with van der Waals surface area (Å²) in [4.78, 5) is 0. The molecule has 0 aliphatic carbocycles. The van der Waals surface area contributed by atoms with Crippen LogP contribution < -0.4 is 0 Å². The van der Waals surface area contributed by atoms with E-state index < -0.39 is 0 Å². The highest BCUT2D eigenvalue weighted by Crippen LogP contribution is 2.02. The lowest BCUT2D eigenvalue weighted by molar-refractivity contribution is 0.679. The van der Waals surface area contributed by atoms with Gasteiger partial charge in [-0.2, -0.15) is 0 Å². The maximum absolute atomic E-state index is 3.28. The highest BCUT2D eigenvalue weighted by atomic mass is 13.9. The Hall–Kier alpha value is -1.66. The lowest BCUT2D eigenvalue weighted by atomic mass is 10.1. The van der Waals surface area contributed by atoms with Crippen LogP contribution in [0.4, 0.5) is 0 Å². The molecule has 0 unspecified atom stereocenters. The van der Waals surface area contributed by atoms with Crippen LogP contribution in [0.1, 0.15) is 70.3 Å². The van der Waals surface area contributed by atoms with Gasteiger partial charge in [-0.15, -0.1) is 11.8 Å². The first kappa shape index (κ1) is 16.4. The molecule has 0 heteroatoms. The summed E-state index contributed by atoms with van der Waals surface area (Å²) in [6, 6.07) is 10.2. The molecule has 0 spiro atoms. The van der Waals surface area contributed by atoms with Gasteiger partial charge in [0.25, 0.3) is 0 Å². The molecule has 1 rings (SSSR count). The highest BCUT2D eigenvalue weighted by Gasteiger charge is 1.86. The van der Waals surface area contributed by atoms with Gasteiger partial charge in [0, 0.05) is 24.8 Å². The number of rotatable bonds is 7. The van der Waals surface area contributed by atoms with E-state index in [1.54, 1.807) is 0 Å². The normalized spacial score (nSPS) is 9.25. The number of benzene rings is 1. The first-order chi connectivity index (χ1) is 9.93. The maximum atomic E-state index is 3.28. The Morgan fingerprint density at radius 3 is 1.95 bits per heavy atom. The van der Waals surface area contributed by atoms with E-state index in [1.807, 2.05) is 18.2 Å². The minimum Gasteiger partial charge on any atom is -0.103 e. The fraction of sp³-hybridized carbons (Fsp3) is 0.500. The third-order valence-corrected chi connectivity index (χ3v) is 3.14. The van der Waals surface area contributed by atoms with Crippen LogP contribution in [0.25, 0.3) is 0 Å². The summed E-state index contributed by atoms with van der Waals surface area (Å²) in [6.07, 6.45) is 10.7. The summed E-state index contributed by atoms with van der Waals surface area (Å²) < 4.78 is 0. The Balaban J connectivity index is 1.98. The van der Waals surface area contributed by atoms with Crippen molar-refractivity contribution in [3.63, 3.8) is 0 Å². The second kappa shape index (κ2) is 12.4. The van der Waals surface area contributed by atoms with E-state index in [0.29, 0.717) is 0 Å². The first-order valence-electron chi connectivity index (χ1n) is 7.93. The van der Waals surface area contributed by atoms with E-state index in [9.17, 15) is 0 Å². The Morgan fingerprint density at radius 1 is 0.700 bits per heavy atom. The molecule has 0 amide bonds. The van der Waals surface area contributed by atoms with Gasteiger partial charge in [0.15, 0.2) is 0 Å². The van der Waals surface area contributed by atoms with Crippen LogP contribution in [0.5, 0.6) is 0 Å². The number of unbranched alkanes of at least 4 members (excludes halogenated alkanes) is 7. The molecular weight excluding hydrogens is 240 g/mol. The molecule has 0 aromatic heterocycles. The Morgan fingerprint density at radius 2 is 1.30 bits per heavy atom. The molecule has 0 N–H and O–H groups in total. The summed E-state index contributed by atoms with van der Waals surface area (Å²) in [5.74, 6) is 13.0. The molecule has 20 heavy (non-hydrogen) atoms. The minimum absolute atomic E-state index is 0.979. The average molecular weight is 266 g/mol. The molecule has 106 valence electrons. The summed E-state index contributed by atoms with van der Waals surface area (Å²) in [5, 5.41) is 0. The number of hydrogen-bond acceptors (Lipinski definition) is 0. The molecule has 0 heterocycles. The summed E-state index contributed by atoms with van der Waals surface area (Å²) in [7, 11) is 0. The second-order valence-electron chi connectivity index (χ2n) is 5.04. The Kier molecular flexibility index (Phi) is 10.1. The fourth-order valence-electron chi connectivity index (χ4n) is 1.93. The van der Waals surface area contributed by atoms with Crippen molar-refractivity contribution < 1.29 is 0 Å². The molecule has 0 saturated heterocycles. The van der Waals surface area contributed by atoms with Crippen LogP contribution in [-0.2, 0) is 0 Å². The Bertz CT molecular complexity index is 448. The zero-order valence-corrected chi connectivity index (χ0v) is 12.8. The van der Waals surface area contributed by atoms with Gasteiger partial charge in [-0.05, 0) is 31.4 Å². The van der Waals surface area contributed by atoms with Crippen molar-refractivity contribution in [3.8, 4) is 23.7 Å². The van der Waals surface area contributed by atoms with Crippen LogP contribution in [0.15, 0.2) is 30.3 Å². The van der Waals surface area contributed by atoms with Gasteiger partial charge < -0.3 is 0 Å². The van der Waals surface area contributed by atoms with Crippen LogP contribution in [0.3, 0.4) is 0 Å². The van der Waals surface area contributed by atoms with Crippen LogP contribution in [0, 0.1) is 23.7 Å². The second-order valence-corrected chi connectivity index (χ2v) is 5.04. The van der Waals surface area contributed by atoms with Gasteiger partial charge >= 0.3 is 0 Å². The van der Waals surface area contributed by atoms with Gasteiger partial charge in [-0.1, -0.05) is 56.2 Å². The lowest BCUT2D eigenvalue weighted by Gasteiger charge is -1.92. The van der Waals surface area contributed by atoms with Gasteiger partial charge in [0.05, 0.1) is 0 Å². The number of hydrogen-bond donors (Lipinski definition) is 0. The predicted octanol–water partition coefficient (Wildman–Crippen LogP) is 5.57. The van der Waals surface area contributed by atoms with Gasteiger partial charge in [-0.25, -0.2) is 0 Å². The van der Waals surface area contributed by atoms with Crippen LogP contribution in [-0.4, -0.2) is 0 Å². The summed E-state index contributed by atoms with van der Waals surface area (Å²) in [6.45, 7) is 2.24. The predicted molar refractivity (Wildman–Crippen MR) is 88.3 cm³/mol. The topological polar surface area (TPSA) is 0 Å². The molecule has 0 atom stereocenters. The molecular formula is C20H26. The van der Waals surface area contributed by atoms with Crippen LogP contribution >= 0.6 is 0 Å². The maximum Gasteiger partial charge on any atom is 0.0245 e. The molecule has 0 fully saturated rings. The molecule has 0 saturated carbocycles. The largest absolute Gasteiger partial charge is 0.103 e. The standard InChI is InChI=1S/C20H26/c1-2-3-4-5-6-7-8-9-10-11-12-14-17-20-18-15-13-16-19-20/h13,15-16,18-19H,2-6,9-12H2,1H3. The van der Waals surface area contributed by atoms with Crippen molar-refractivity contribution in [2.75, 3.05) is 0 Å². The Labute approximate surface area is 125 Å². The van der Waals surface area contributed by atoms with E-state index in [1.165, 1.54) is 32.1 Å². The van der Waals surface area contributed by atoms with Crippen molar-refractivity contribution in [3.05, 3.63) is 35.9 Å². The molecule has 1 aromatic rings. The zero-order chi connectivity index (χ0) is 14.3. The van der Waals surface area contributed by atoms with E-state index in [2.05, 4.69) is 42.7 Å².